The Morgan fingerprint density at radius 3 is 2.83 bits per heavy atom. The molecule has 5 heteroatoms. The molecule has 2 rings (SSSR count). The average molecular weight is 265 g/mol. The summed E-state index contributed by atoms with van der Waals surface area (Å²) in [4.78, 5) is 10.9. The third kappa shape index (κ3) is 2.84. The van der Waals surface area contributed by atoms with Gasteiger partial charge in [0.15, 0.2) is 0 Å². The molecule has 1 aromatic heterocycles. The molecule has 0 amide bonds. The van der Waals surface area contributed by atoms with Gasteiger partial charge in [0.2, 0.25) is 0 Å². The average Bonchev–Trinajstić information content (AvgIpc) is 2.74. The van der Waals surface area contributed by atoms with E-state index in [1.807, 2.05) is 30.1 Å². The molecule has 0 aliphatic rings. The summed E-state index contributed by atoms with van der Waals surface area (Å²) in [6, 6.07) is 6.88. The molecule has 4 nitrogen and oxygen atoms in total. The molecule has 0 aliphatic carbocycles. The van der Waals surface area contributed by atoms with Crippen LogP contribution in [0.2, 0.25) is 5.02 Å². The van der Waals surface area contributed by atoms with Gasteiger partial charge in [-0.15, -0.1) is 0 Å². The molecule has 0 fully saturated rings. The fourth-order valence-electron chi connectivity index (χ4n) is 1.67. The Bertz CT molecular complexity index is 578. The first kappa shape index (κ1) is 12.5. The van der Waals surface area contributed by atoms with Gasteiger partial charge in [-0.25, -0.2) is 4.79 Å². The predicted octanol–water partition coefficient (Wildman–Crippen LogP) is 2.99. The molecule has 2 aromatic rings. The van der Waals surface area contributed by atoms with Crippen LogP contribution in [0, 0.1) is 0 Å². The van der Waals surface area contributed by atoms with Gasteiger partial charge >= 0.3 is 5.97 Å². The van der Waals surface area contributed by atoms with Gasteiger partial charge in [0, 0.05) is 31.7 Å². The van der Waals surface area contributed by atoms with Crippen molar-refractivity contribution in [3.8, 4) is 0 Å². The fourth-order valence-corrected chi connectivity index (χ4v) is 1.87. The van der Waals surface area contributed by atoms with Gasteiger partial charge in [-0.2, -0.15) is 0 Å². The summed E-state index contributed by atoms with van der Waals surface area (Å²) < 4.78 is 1.96. The minimum absolute atomic E-state index is 0.106. The van der Waals surface area contributed by atoms with Gasteiger partial charge in [-0.1, -0.05) is 11.6 Å². The van der Waals surface area contributed by atoms with Crippen molar-refractivity contribution >= 4 is 23.3 Å². The van der Waals surface area contributed by atoms with Crippen LogP contribution in [0.1, 0.15) is 15.9 Å². The summed E-state index contributed by atoms with van der Waals surface area (Å²) in [6.45, 7) is 0.640. The highest BCUT2D eigenvalue weighted by atomic mass is 35.5. The lowest BCUT2D eigenvalue weighted by Gasteiger charge is -2.07. The molecule has 0 radical (unpaired) electrons. The number of aryl methyl sites for hydroxylation is 1. The lowest BCUT2D eigenvalue weighted by atomic mass is 10.2. The topological polar surface area (TPSA) is 54.3 Å². The number of nitrogens with one attached hydrogen (secondary N) is 1. The molecule has 1 heterocycles. The van der Waals surface area contributed by atoms with Crippen molar-refractivity contribution in [2.45, 2.75) is 6.54 Å². The first-order valence-electron chi connectivity index (χ1n) is 5.44. The zero-order chi connectivity index (χ0) is 13.1. The van der Waals surface area contributed by atoms with E-state index in [0.717, 1.165) is 11.3 Å². The van der Waals surface area contributed by atoms with Crippen molar-refractivity contribution < 1.29 is 9.90 Å². The van der Waals surface area contributed by atoms with E-state index in [1.165, 1.54) is 6.07 Å². The van der Waals surface area contributed by atoms with Gasteiger partial charge in [0.1, 0.15) is 0 Å². The van der Waals surface area contributed by atoms with Gasteiger partial charge in [-0.3, -0.25) is 0 Å². The van der Waals surface area contributed by atoms with E-state index in [9.17, 15) is 4.79 Å². The van der Waals surface area contributed by atoms with Gasteiger partial charge in [-0.05, 0) is 29.8 Å². The van der Waals surface area contributed by atoms with Crippen LogP contribution in [-0.4, -0.2) is 15.6 Å². The molecule has 0 aliphatic heterocycles. The van der Waals surface area contributed by atoms with E-state index >= 15 is 0 Å². The summed E-state index contributed by atoms with van der Waals surface area (Å²) in [7, 11) is 1.95. The minimum atomic E-state index is -1.02. The number of nitrogens with zero attached hydrogens (tertiary/aromatic N) is 1. The molecule has 0 saturated heterocycles. The molecule has 94 valence electrons. The number of hydrogen-bond acceptors (Lipinski definition) is 2. The van der Waals surface area contributed by atoms with Gasteiger partial charge < -0.3 is 15.0 Å². The molecule has 18 heavy (non-hydrogen) atoms. The summed E-state index contributed by atoms with van der Waals surface area (Å²) in [5.74, 6) is -1.02. The Hall–Kier alpha value is -1.94. The number of carbonyl (C=O) groups is 1. The van der Waals surface area contributed by atoms with Crippen molar-refractivity contribution in [3.63, 3.8) is 0 Å². The number of rotatable bonds is 4. The summed E-state index contributed by atoms with van der Waals surface area (Å²) in [5, 5.41) is 12.4. The Labute approximate surface area is 110 Å². The van der Waals surface area contributed by atoms with Crippen LogP contribution < -0.4 is 5.32 Å². The van der Waals surface area contributed by atoms with Crippen molar-refractivity contribution in [1.82, 2.24) is 4.57 Å². The van der Waals surface area contributed by atoms with Crippen LogP contribution >= 0.6 is 11.6 Å². The zero-order valence-electron chi connectivity index (χ0n) is 9.85. The van der Waals surface area contributed by atoms with Crippen molar-refractivity contribution in [3.05, 3.63) is 52.8 Å². The molecule has 0 saturated carbocycles. The van der Waals surface area contributed by atoms with E-state index in [1.54, 1.807) is 12.1 Å². The van der Waals surface area contributed by atoms with Crippen LogP contribution in [0.25, 0.3) is 0 Å². The maximum absolute atomic E-state index is 10.9. The second kappa shape index (κ2) is 5.14. The van der Waals surface area contributed by atoms with E-state index in [0.29, 0.717) is 6.54 Å². The molecule has 0 atom stereocenters. The Balaban J connectivity index is 2.10. The Kier molecular flexibility index (Phi) is 3.58. The first-order chi connectivity index (χ1) is 8.56. The SMILES string of the molecule is Cn1ccc(CNc2ccc(Cl)c(C(=O)O)c2)c1. The predicted molar refractivity (Wildman–Crippen MR) is 71.2 cm³/mol. The number of aromatic nitrogens is 1. The third-order valence-corrected chi connectivity index (χ3v) is 2.92. The molecule has 0 unspecified atom stereocenters. The number of carboxylic acid groups (broad SMARTS) is 1. The van der Waals surface area contributed by atoms with Crippen molar-refractivity contribution in [1.29, 1.82) is 0 Å². The molecule has 1 aromatic carbocycles. The number of anilines is 1. The normalized spacial score (nSPS) is 10.3. The standard InChI is InChI=1S/C13H13ClN2O2/c1-16-5-4-9(8-16)7-15-10-2-3-12(14)11(6-10)13(17)18/h2-6,8,15H,7H2,1H3,(H,17,18). The molecular weight excluding hydrogens is 252 g/mol. The Morgan fingerprint density at radius 2 is 2.22 bits per heavy atom. The van der Waals surface area contributed by atoms with E-state index in [4.69, 9.17) is 16.7 Å². The quantitative estimate of drug-likeness (QED) is 0.893. The molecule has 2 N–H and O–H groups in total. The van der Waals surface area contributed by atoms with Crippen LogP contribution in [0.4, 0.5) is 5.69 Å². The lowest BCUT2D eigenvalue weighted by Crippen LogP contribution is -2.02. The molecule has 0 bridgehead atoms. The molecular formula is C13H13ClN2O2. The minimum Gasteiger partial charge on any atom is -0.478 e. The van der Waals surface area contributed by atoms with Gasteiger partial charge in [0.25, 0.3) is 0 Å². The highest BCUT2D eigenvalue weighted by Crippen LogP contribution is 2.21. The number of hydrogen-bond donors (Lipinski definition) is 2. The highest BCUT2D eigenvalue weighted by Gasteiger charge is 2.09. The zero-order valence-corrected chi connectivity index (χ0v) is 10.6. The highest BCUT2D eigenvalue weighted by molar-refractivity contribution is 6.33. The van der Waals surface area contributed by atoms with Crippen LogP contribution in [0.3, 0.4) is 0 Å². The smallest absolute Gasteiger partial charge is 0.337 e. The van der Waals surface area contributed by atoms with Crippen molar-refractivity contribution in [2.75, 3.05) is 5.32 Å². The second-order valence-corrected chi connectivity index (χ2v) is 4.45. The fraction of sp³-hybridized carbons (Fsp3) is 0.154. The van der Waals surface area contributed by atoms with Crippen LogP contribution in [0.5, 0.6) is 0 Å². The van der Waals surface area contributed by atoms with E-state index in [-0.39, 0.29) is 10.6 Å². The summed E-state index contributed by atoms with van der Waals surface area (Å²) in [6.07, 6.45) is 3.96. The lowest BCUT2D eigenvalue weighted by molar-refractivity contribution is 0.0697. The maximum atomic E-state index is 10.9. The second-order valence-electron chi connectivity index (χ2n) is 4.04. The number of benzene rings is 1. The maximum Gasteiger partial charge on any atom is 0.337 e. The largest absolute Gasteiger partial charge is 0.478 e. The van der Waals surface area contributed by atoms with Crippen LogP contribution in [-0.2, 0) is 13.6 Å². The number of aromatic carboxylic acids is 1. The first-order valence-corrected chi connectivity index (χ1v) is 5.81. The summed E-state index contributed by atoms with van der Waals surface area (Å²) in [5.41, 5.74) is 1.97. The number of halogens is 1. The van der Waals surface area contributed by atoms with Gasteiger partial charge in [0.05, 0.1) is 10.6 Å². The number of carboxylic acids is 1. The van der Waals surface area contributed by atoms with E-state index < -0.39 is 5.97 Å². The van der Waals surface area contributed by atoms with Crippen molar-refractivity contribution in [2.24, 2.45) is 7.05 Å². The van der Waals surface area contributed by atoms with E-state index in [2.05, 4.69) is 5.32 Å². The van der Waals surface area contributed by atoms with Crippen LogP contribution in [0.15, 0.2) is 36.7 Å². The third-order valence-electron chi connectivity index (χ3n) is 2.59. The summed E-state index contributed by atoms with van der Waals surface area (Å²) >= 11 is 5.80. The monoisotopic (exact) mass is 264 g/mol. The Morgan fingerprint density at radius 1 is 1.44 bits per heavy atom. The molecule has 0 spiro atoms.